The van der Waals surface area contributed by atoms with Crippen LogP contribution in [0.1, 0.15) is 17.0 Å². The zero-order chi connectivity index (χ0) is 37.7. The second-order valence-electron chi connectivity index (χ2n) is 14.9. The summed E-state index contributed by atoms with van der Waals surface area (Å²) in [5, 5.41) is 2.94. The molecule has 2 atom stereocenters. The van der Waals surface area contributed by atoms with E-state index >= 15 is 0 Å². The molecule has 2 heterocycles. The Morgan fingerprint density at radius 3 is 1.77 bits per heavy atom. The minimum Gasteiger partial charge on any atom is -0.311 e. The number of anilines is 3. The number of hydrogen-bond acceptors (Lipinski definition) is 2. The average Bonchev–Trinajstić information content (AvgIpc) is 3.83. The van der Waals surface area contributed by atoms with Gasteiger partial charge < -0.3 is 9.47 Å². The average molecular weight is 747 g/mol. The van der Waals surface area contributed by atoms with Crippen LogP contribution in [0.4, 0.5) is 17.1 Å². The van der Waals surface area contributed by atoms with E-state index < -0.39 is 0 Å². The lowest BCUT2D eigenvalue weighted by Crippen LogP contribution is -2.10. The molecular weight excluding hydrogens is 709 g/mol. The van der Waals surface area contributed by atoms with Crippen LogP contribution in [0.3, 0.4) is 0 Å². The van der Waals surface area contributed by atoms with Crippen LogP contribution in [0.15, 0.2) is 223 Å². The summed E-state index contributed by atoms with van der Waals surface area (Å²) in [6.45, 7) is 0. The van der Waals surface area contributed by atoms with E-state index in [9.17, 15) is 0 Å². The van der Waals surface area contributed by atoms with Gasteiger partial charge in [-0.2, -0.15) is 0 Å². The normalized spacial score (nSPS) is 15.7. The first-order valence-corrected chi connectivity index (χ1v) is 20.5. The van der Waals surface area contributed by atoms with E-state index in [-0.39, 0.29) is 0 Å². The first-order chi connectivity index (χ1) is 28.3. The second-order valence-corrected chi connectivity index (χ2v) is 16.1. The summed E-state index contributed by atoms with van der Waals surface area (Å²) < 4.78 is 2.41. The molecule has 11 rings (SSSR count). The summed E-state index contributed by atoms with van der Waals surface area (Å²) in [6.07, 6.45) is 7.17. The van der Waals surface area contributed by atoms with Gasteiger partial charge in [0.15, 0.2) is 0 Å². The summed E-state index contributed by atoms with van der Waals surface area (Å²) in [6, 6.07) is 72.7. The number of hydrogen-bond donors (Lipinski definition) is 0. The molecular formula is C54H38N2S. The van der Waals surface area contributed by atoms with Gasteiger partial charge in [-0.15, -0.1) is 11.8 Å². The number of aromatic nitrogens is 1. The minimum absolute atomic E-state index is 0.431. The number of benzene rings is 8. The zero-order valence-electron chi connectivity index (χ0n) is 31.2. The zero-order valence-corrected chi connectivity index (χ0v) is 32.1. The molecule has 9 aromatic rings. The molecule has 0 N–H and O–H groups in total. The van der Waals surface area contributed by atoms with E-state index in [1.54, 1.807) is 0 Å². The molecule has 57 heavy (non-hydrogen) atoms. The van der Waals surface area contributed by atoms with Crippen molar-refractivity contribution in [3.05, 3.63) is 230 Å². The molecule has 1 aliphatic heterocycles. The maximum absolute atomic E-state index is 2.46. The van der Waals surface area contributed by atoms with Crippen LogP contribution in [-0.4, -0.2) is 9.82 Å². The number of para-hydroxylation sites is 3. The van der Waals surface area contributed by atoms with Gasteiger partial charge >= 0.3 is 0 Å². The first kappa shape index (κ1) is 33.5. The summed E-state index contributed by atoms with van der Waals surface area (Å²) in [5.41, 5.74) is 15.7. The minimum atomic E-state index is 0.431. The topological polar surface area (TPSA) is 8.17 Å². The number of fused-ring (bicyclic) bond motifs is 6. The van der Waals surface area contributed by atoms with Gasteiger partial charge in [0.25, 0.3) is 0 Å². The Kier molecular flexibility index (Phi) is 8.26. The van der Waals surface area contributed by atoms with E-state index in [1.165, 1.54) is 65.7 Å². The molecule has 1 aromatic heterocycles. The van der Waals surface area contributed by atoms with E-state index in [1.807, 2.05) is 11.8 Å². The Balaban J connectivity index is 0.978. The molecule has 1 aliphatic carbocycles. The Hall–Kier alpha value is -6.81. The van der Waals surface area contributed by atoms with Crippen LogP contribution < -0.4 is 4.90 Å². The van der Waals surface area contributed by atoms with Gasteiger partial charge in [-0.25, -0.2) is 0 Å². The first-order valence-electron chi connectivity index (χ1n) is 19.7. The molecule has 0 amide bonds. The van der Waals surface area contributed by atoms with E-state index in [0.717, 1.165) is 22.7 Å². The maximum atomic E-state index is 2.46. The summed E-state index contributed by atoms with van der Waals surface area (Å²) in [7, 11) is 0. The number of allylic oxidation sites excluding steroid dienone is 3. The smallest absolute Gasteiger partial charge is 0.0619 e. The lowest BCUT2D eigenvalue weighted by Gasteiger charge is -2.26. The van der Waals surface area contributed by atoms with E-state index in [2.05, 4.69) is 228 Å². The molecule has 0 saturated carbocycles. The number of nitrogens with zero attached hydrogens (tertiary/aromatic N) is 2. The Morgan fingerprint density at radius 1 is 0.456 bits per heavy atom. The highest BCUT2D eigenvalue weighted by atomic mass is 32.2. The van der Waals surface area contributed by atoms with Crippen molar-refractivity contribution in [1.29, 1.82) is 0 Å². The molecule has 3 heteroatoms. The van der Waals surface area contributed by atoms with Crippen molar-refractivity contribution >= 4 is 56.2 Å². The quantitative estimate of drug-likeness (QED) is 0.160. The van der Waals surface area contributed by atoms with Crippen molar-refractivity contribution < 1.29 is 0 Å². The highest BCUT2D eigenvalue weighted by Gasteiger charge is 2.32. The third-order valence-corrected chi connectivity index (χ3v) is 12.9. The van der Waals surface area contributed by atoms with Gasteiger partial charge in [-0.05, 0) is 94.1 Å². The predicted molar refractivity (Wildman–Crippen MR) is 242 cm³/mol. The molecule has 8 aromatic carbocycles. The molecule has 270 valence electrons. The summed E-state index contributed by atoms with van der Waals surface area (Å²) in [5.74, 6) is 0.445. The Labute approximate surface area is 337 Å². The fourth-order valence-electron chi connectivity index (χ4n) is 8.81. The lowest BCUT2D eigenvalue weighted by atomic mass is 9.88. The van der Waals surface area contributed by atoms with Crippen LogP contribution in [0, 0.1) is 0 Å². The van der Waals surface area contributed by atoms with Crippen molar-refractivity contribution in [2.45, 2.75) is 16.1 Å². The van der Waals surface area contributed by atoms with Crippen LogP contribution in [0.2, 0.25) is 0 Å². The molecule has 0 bridgehead atoms. The molecule has 2 unspecified atom stereocenters. The van der Waals surface area contributed by atoms with Gasteiger partial charge in [-0.1, -0.05) is 158 Å². The SMILES string of the molecule is C1=CC2c3ccccc3SC2C=C1c1ccc(N(c2ccc(-c3ccccc3)cc2)c2ccc(-c3cccc4c5ccccc5n(-c5ccccc5)c34)cc2)cc1. The number of rotatable bonds is 7. The largest absolute Gasteiger partial charge is 0.311 e. The fraction of sp³-hybridized carbons (Fsp3) is 0.0370. The van der Waals surface area contributed by atoms with Gasteiger partial charge in [0.1, 0.15) is 0 Å². The monoisotopic (exact) mass is 746 g/mol. The van der Waals surface area contributed by atoms with Crippen LogP contribution >= 0.6 is 11.8 Å². The van der Waals surface area contributed by atoms with Gasteiger partial charge in [-0.3, -0.25) is 0 Å². The van der Waals surface area contributed by atoms with Crippen molar-refractivity contribution in [1.82, 2.24) is 4.57 Å². The third kappa shape index (κ3) is 5.91. The van der Waals surface area contributed by atoms with E-state index in [0.29, 0.717) is 11.2 Å². The molecule has 0 radical (unpaired) electrons. The Morgan fingerprint density at radius 2 is 1.04 bits per heavy atom. The standard InChI is InChI=1S/C54H38N2S/c1-3-12-37(13-4-1)38-22-29-43(30-23-38)55(44-31-24-39(25-32-44)41-28-35-49-48-17-8-10-21-52(48)57-53(49)36-41)45-33-26-40(27-34-45)46-18-11-19-50-47-16-7-9-20-51(47)56(54(46)50)42-14-5-2-6-15-42/h1-36,49,53H. The molecule has 0 fully saturated rings. The van der Waals surface area contributed by atoms with Crippen molar-refractivity contribution in [2.24, 2.45) is 0 Å². The van der Waals surface area contributed by atoms with Crippen LogP contribution in [0.5, 0.6) is 0 Å². The predicted octanol–water partition coefficient (Wildman–Crippen LogP) is 14.8. The van der Waals surface area contributed by atoms with Gasteiger partial charge in [0.2, 0.25) is 0 Å². The molecule has 2 aliphatic rings. The second kappa shape index (κ2) is 14.0. The fourth-order valence-corrected chi connectivity index (χ4v) is 10.2. The maximum Gasteiger partial charge on any atom is 0.0619 e. The number of thioether (sulfide) groups is 1. The van der Waals surface area contributed by atoms with Crippen molar-refractivity contribution in [3.63, 3.8) is 0 Å². The third-order valence-electron chi connectivity index (χ3n) is 11.6. The van der Waals surface area contributed by atoms with Crippen molar-refractivity contribution in [2.75, 3.05) is 4.90 Å². The van der Waals surface area contributed by atoms with Crippen LogP contribution in [0.25, 0.3) is 55.3 Å². The van der Waals surface area contributed by atoms with Crippen molar-refractivity contribution in [3.8, 4) is 27.9 Å². The van der Waals surface area contributed by atoms with Gasteiger partial charge in [0.05, 0.1) is 11.0 Å². The summed E-state index contributed by atoms with van der Waals surface area (Å²) in [4.78, 5) is 3.77. The van der Waals surface area contributed by atoms with E-state index in [4.69, 9.17) is 0 Å². The van der Waals surface area contributed by atoms with Gasteiger partial charge in [0, 0.05) is 55.1 Å². The lowest BCUT2D eigenvalue weighted by molar-refractivity contribution is 0.883. The molecule has 0 saturated heterocycles. The highest BCUT2D eigenvalue weighted by Crippen LogP contribution is 2.50. The Bertz CT molecular complexity index is 2960. The highest BCUT2D eigenvalue weighted by molar-refractivity contribution is 8.00. The van der Waals surface area contributed by atoms with Crippen LogP contribution in [-0.2, 0) is 0 Å². The molecule has 2 nitrogen and oxygen atoms in total. The molecule has 0 spiro atoms. The summed E-state index contributed by atoms with van der Waals surface area (Å²) >= 11 is 1.98.